The van der Waals surface area contributed by atoms with Gasteiger partial charge in [-0.25, -0.2) is 13.1 Å². The minimum atomic E-state index is -4.02. The maximum atomic E-state index is 12.6. The fourth-order valence-electron chi connectivity index (χ4n) is 3.71. The molecule has 3 rings (SSSR count). The molecule has 2 aliphatic rings. The van der Waals surface area contributed by atoms with Crippen molar-refractivity contribution in [2.24, 2.45) is 0 Å². The van der Waals surface area contributed by atoms with Gasteiger partial charge in [-0.1, -0.05) is 12.8 Å². The molecule has 0 radical (unpaired) electrons. The lowest BCUT2D eigenvalue weighted by atomic mass is 10.2. The van der Waals surface area contributed by atoms with Gasteiger partial charge >= 0.3 is 0 Å². The van der Waals surface area contributed by atoms with Gasteiger partial charge in [-0.05, 0) is 37.8 Å². The number of nitro groups is 1. The normalized spacial score (nSPS) is 18.1. The Morgan fingerprint density at radius 3 is 2.25 bits per heavy atom. The number of hydrogen-bond donors (Lipinski definition) is 1. The highest BCUT2D eigenvalue weighted by atomic mass is 32.2. The molecular weight excluding hydrogens is 384 g/mol. The van der Waals surface area contributed by atoms with Gasteiger partial charge in [0.25, 0.3) is 5.69 Å². The molecule has 1 amide bonds. The zero-order valence-corrected chi connectivity index (χ0v) is 16.6. The van der Waals surface area contributed by atoms with E-state index in [1.54, 1.807) is 4.90 Å². The third-order valence-electron chi connectivity index (χ3n) is 5.27. The molecule has 9 nitrogen and oxygen atoms in total. The maximum absolute atomic E-state index is 12.6. The molecule has 28 heavy (non-hydrogen) atoms. The van der Waals surface area contributed by atoms with Crippen LogP contribution in [-0.4, -0.2) is 56.9 Å². The van der Waals surface area contributed by atoms with Crippen molar-refractivity contribution in [2.75, 3.05) is 37.6 Å². The first kappa shape index (κ1) is 20.5. The Hall–Kier alpha value is -2.20. The van der Waals surface area contributed by atoms with Gasteiger partial charge in [-0.15, -0.1) is 0 Å². The molecule has 154 valence electrons. The van der Waals surface area contributed by atoms with E-state index in [2.05, 4.69) is 4.72 Å². The summed E-state index contributed by atoms with van der Waals surface area (Å²) in [5.74, 6) is -0.270. The van der Waals surface area contributed by atoms with Crippen molar-refractivity contribution in [2.45, 2.75) is 43.4 Å². The summed E-state index contributed by atoms with van der Waals surface area (Å²) < 4.78 is 27.4. The fraction of sp³-hybridized carbons (Fsp3) is 0.611. The van der Waals surface area contributed by atoms with Crippen molar-refractivity contribution in [1.29, 1.82) is 0 Å². The van der Waals surface area contributed by atoms with E-state index in [0.29, 0.717) is 18.8 Å². The van der Waals surface area contributed by atoms with E-state index in [1.165, 1.54) is 12.1 Å². The number of hydrogen-bond acceptors (Lipinski definition) is 6. The first-order valence-corrected chi connectivity index (χ1v) is 11.2. The number of benzene rings is 1. The topological polar surface area (TPSA) is 113 Å². The second-order valence-electron chi connectivity index (χ2n) is 7.22. The third kappa shape index (κ3) is 4.79. The van der Waals surface area contributed by atoms with E-state index in [-0.39, 0.29) is 23.0 Å². The monoisotopic (exact) mass is 410 g/mol. The summed E-state index contributed by atoms with van der Waals surface area (Å²) in [6, 6.07) is 3.92. The molecule has 0 saturated carbocycles. The molecule has 1 aromatic rings. The number of rotatable bonds is 6. The van der Waals surface area contributed by atoms with Crippen LogP contribution in [0.2, 0.25) is 0 Å². The molecule has 2 heterocycles. The van der Waals surface area contributed by atoms with Gasteiger partial charge in [0, 0.05) is 32.2 Å². The molecule has 0 unspecified atom stereocenters. The van der Waals surface area contributed by atoms with E-state index in [0.717, 1.165) is 57.7 Å². The largest absolute Gasteiger partial charge is 0.366 e. The highest BCUT2D eigenvalue weighted by molar-refractivity contribution is 7.89. The number of likely N-dealkylation sites (tertiary alicyclic amines) is 1. The van der Waals surface area contributed by atoms with Gasteiger partial charge in [0.2, 0.25) is 15.9 Å². The van der Waals surface area contributed by atoms with E-state index in [4.69, 9.17) is 0 Å². The number of nitrogens with one attached hydrogen (secondary N) is 1. The molecule has 2 saturated heterocycles. The number of sulfonamides is 1. The first-order valence-electron chi connectivity index (χ1n) is 9.69. The second kappa shape index (κ2) is 8.87. The zero-order chi connectivity index (χ0) is 20.1. The second-order valence-corrected chi connectivity index (χ2v) is 8.99. The summed E-state index contributed by atoms with van der Waals surface area (Å²) in [5, 5.41) is 11.5. The van der Waals surface area contributed by atoms with Crippen molar-refractivity contribution in [3.63, 3.8) is 0 Å². The van der Waals surface area contributed by atoms with Crippen LogP contribution in [-0.2, 0) is 14.8 Å². The number of carbonyl (C=O) groups is 1. The molecule has 2 aliphatic heterocycles. The molecule has 0 aromatic heterocycles. The maximum Gasteiger partial charge on any atom is 0.293 e. The van der Waals surface area contributed by atoms with E-state index in [1.807, 2.05) is 4.90 Å². The zero-order valence-electron chi connectivity index (χ0n) is 15.8. The highest BCUT2D eigenvalue weighted by Gasteiger charge is 2.26. The Balaban J connectivity index is 1.72. The van der Waals surface area contributed by atoms with Gasteiger partial charge < -0.3 is 9.80 Å². The Bertz CT molecular complexity index is 828. The Kier molecular flexibility index (Phi) is 6.50. The third-order valence-corrected chi connectivity index (χ3v) is 6.67. The molecule has 0 atom stereocenters. The lowest BCUT2D eigenvalue weighted by Crippen LogP contribution is -2.40. The van der Waals surface area contributed by atoms with Crippen LogP contribution in [0.15, 0.2) is 23.1 Å². The predicted molar refractivity (Wildman–Crippen MR) is 105 cm³/mol. The average Bonchev–Trinajstić information content (AvgIpc) is 3.07. The van der Waals surface area contributed by atoms with Crippen molar-refractivity contribution < 1.29 is 18.1 Å². The molecule has 0 spiro atoms. The Morgan fingerprint density at radius 2 is 1.64 bits per heavy atom. The van der Waals surface area contributed by atoms with E-state index in [9.17, 15) is 23.3 Å². The Labute approximate surface area is 164 Å². The van der Waals surface area contributed by atoms with Crippen LogP contribution >= 0.6 is 0 Å². The fourth-order valence-corrected chi connectivity index (χ4v) is 4.71. The molecule has 0 aliphatic carbocycles. The molecule has 0 bridgehead atoms. The van der Waals surface area contributed by atoms with Crippen molar-refractivity contribution in [3.05, 3.63) is 28.3 Å². The number of nitro benzene ring substituents is 1. The lowest BCUT2D eigenvalue weighted by molar-refractivity contribution is -0.384. The van der Waals surface area contributed by atoms with E-state index >= 15 is 0 Å². The van der Waals surface area contributed by atoms with Crippen LogP contribution in [0.3, 0.4) is 0 Å². The Morgan fingerprint density at radius 1 is 1.04 bits per heavy atom. The summed E-state index contributed by atoms with van der Waals surface area (Å²) in [4.78, 5) is 26.6. The number of anilines is 1. The SMILES string of the molecule is O=C(CNS(=O)(=O)c1ccc(N2CCCC2)c([N+](=O)[O-])c1)N1CCCCCC1. The standard InChI is InChI=1S/C18H26N4O5S/c23-18(21-11-3-1-2-4-12-21)14-19-28(26,27)15-7-8-16(17(13-15)22(24)25)20-9-5-6-10-20/h7-8,13,19H,1-6,9-12,14H2. The van der Waals surface area contributed by atoms with Crippen molar-refractivity contribution in [3.8, 4) is 0 Å². The molecule has 10 heteroatoms. The van der Waals surface area contributed by atoms with E-state index < -0.39 is 14.9 Å². The van der Waals surface area contributed by atoms with Gasteiger partial charge in [-0.3, -0.25) is 14.9 Å². The summed E-state index contributed by atoms with van der Waals surface area (Å²) >= 11 is 0. The summed E-state index contributed by atoms with van der Waals surface area (Å²) in [5.41, 5.74) is 0.200. The summed E-state index contributed by atoms with van der Waals surface area (Å²) in [7, 11) is -4.02. The average molecular weight is 410 g/mol. The first-order chi connectivity index (χ1) is 13.4. The molecule has 1 N–H and O–H groups in total. The van der Waals surface area contributed by atoms with Crippen LogP contribution in [0, 0.1) is 10.1 Å². The molecular formula is C18H26N4O5S. The van der Waals surface area contributed by atoms with Gasteiger partial charge in [0.05, 0.1) is 16.4 Å². The van der Waals surface area contributed by atoms with Crippen molar-refractivity contribution in [1.82, 2.24) is 9.62 Å². The minimum Gasteiger partial charge on any atom is -0.366 e. The van der Waals surface area contributed by atoms with Gasteiger partial charge in [0.1, 0.15) is 5.69 Å². The predicted octanol–water partition coefficient (Wildman–Crippen LogP) is 1.88. The summed E-state index contributed by atoms with van der Waals surface area (Å²) in [6.07, 6.45) is 5.89. The van der Waals surface area contributed by atoms with Crippen LogP contribution in [0.25, 0.3) is 0 Å². The van der Waals surface area contributed by atoms with Gasteiger partial charge in [-0.2, -0.15) is 0 Å². The van der Waals surface area contributed by atoms with Crippen molar-refractivity contribution >= 4 is 27.3 Å². The lowest BCUT2D eigenvalue weighted by Gasteiger charge is -2.20. The van der Waals surface area contributed by atoms with Gasteiger partial charge in [0.15, 0.2) is 0 Å². The van der Waals surface area contributed by atoms with Crippen LogP contribution in [0.4, 0.5) is 11.4 Å². The number of amides is 1. The summed E-state index contributed by atoms with van der Waals surface area (Å²) in [6.45, 7) is 2.36. The van der Waals surface area contributed by atoms with Crippen LogP contribution < -0.4 is 9.62 Å². The smallest absolute Gasteiger partial charge is 0.293 e. The quantitative estimate of drug-likeness (QED) is 0.566. The molecule has 2 fully saturated rings. The number of carbonyl (C=O) groups excluding carboxylic acids is 1. The van der Waals surface area contributed by atoms with Crippen LogP contribution in [0.1, 0.15) is 38.5 Å². The molecule has 1 aromatic carbocycles. The van der Waals surface area contributed by atoms with Crippen LogP contribution in [0.5, 0.6) is 0 Å². The highest BCUT2D eigenvalue weighted by Crippen LogP contribution is 2.32. The number of nitrogens with zero attached hydrogens (tertiary/aromatic N) is 3. The minimum absolute atomic E-state index is 0.203.